The summed E-state index contributed by atoms with van der Waals surface area (Å²) in [5.74, 6) is 0.887. The summed E-state index contributed by atoms with van der Waals surface area (Å²) in [5.41, 5.74) is 1.49. The standard InChI is InChI=1S/C12H16N4O/c1-3-17-9-8-16(2)11-5-4-10-12(15-11)14-7-6-13-10/h4-7H,3,8-9H2,1-2H3. The Morgan fingerprint density at radius 2 is 2.06 bits per heavy atom. The van der Waals surface area contributed by atoms with Gasteiger partial charge < -0.3 is 9.64 Å². The van der Waals surface area contributed by atoms with E-state index in [9.17, 15) is 0 Å². The van der Waals surface area contributed by atoms with Crippen molar-refractivity contribution in [3.05, 3.63) is 24.5 Å². The van der Waals surface area contributed by atoms with Crippen LogP contribution in [0.4, 0.5) is 5.82 Å². The van der Waals surface area contributed by atoms with Gasteiger partial charge in [0, 0.05) is 32.6 Å². The molecule has 2 heterocycles. The Bertz CT molecular complexity index is 489. The fourth-order valence-electron chi connectivity index (χ4n) is 1.52. The Labute approximate surface area is 100 Å². The van der Waals surface area contributed by atoms with E-state index in [1.807, 2.05) is 31.0 Å². The van der Waals surface area contributed by atoms with Gasteiger partial charge in [-0.25, -0.2) is 9.97 Å². The van der Waals surface area contributed by atoms with E-state index in [0.717, 1.165) is 24.5 Å². The van der Waals surface area contributed by atoms with Crippen LogP contribution < -0.4 is 4.90 Å². The first kappa shape index (κ1) is 11.7. The van der Waals surface area contributed by atoms with Gasteiger partial charge in [0.25, 0.3) is 0 Å². The smallest absolute Gasteiger partial charge is 0.180 e. The molecule has 90 valence electrons. The SMILES string of the molecule is CCOCCN(C)c1ccc2nccnc2n1. The molecule has 0 N–H and O–H groups in total. The van der Waals surface area contributed by atoms with E-state index < -0.39 is 0 Å². The second-order valence-electron chi connectivity index (χ2n) is 3.69. The van der Waals surface area contributed by atoms with Gasteiger partial charge in [-0.05, 0) is 19.1 Å². The zero-order chi connectivity index (χ0) is 12.1. The molecule has 0 fully saturated rings. The third-order valence-electron chi connectivity index (χ3n) is 2.48. The summed E-state index contributed by atoms with van der Waals surface area (Å²) in [7, 11) is 1.99. The maximum atomic E-state index is 5.32. The minimum absolute atomic E-state index is 0.674. The summed E-state index contributed by atoms with van der Waals surface area (Å²) in [6, 6.07) is 3.88. The molecule has 2 aromatic rings. The summed E-state index contributed by atoms with van der Waals surface area (Å²) < 4.78 is 5.32. The Morgan fingerprint density at radius 3 is 2.88 bits per heavy atom. The molecule has 0 aliphatic carbocycles. The Morgan fingerprint density at radius 1 is 1.24 bits per heavy atom. The number of hydrogen-bond donors (Lipinski definition) is 0. The molecule has 0 saturated carbocycles. The fraction of sp³-hybridized carbons (Fsp3) is 0.417. The lowest BCUT2D eigenvalue weighted by Gasteiger charge is -2.17. The first-order valence-electron chi connectivity index (χ1n) is 5.68. The van der Waals surface area contributed by atoms with Gasteiger partial charge in [-0.3, -0.25) is 4.98 Å². The number of nitrogens with zero attached hydrogens (tertiary/aromatic N) is 4. The van der Waals surface area contributed by atoms with Crippen LogP contribution in [0.25, 0.3) is 11.2 Å². The predicted octanol–water partition coefficient (Wildman–Crippen LogP) is 1.50. The molecule has 0 bridgehead atoms. The third-order valence-corrected chi connectivity index (χ3v) is 2.48. The van der Waals surface area contributed by atoms with Gasteiger partial charge in [0.15, 0.2) is 5.65 Å². The van der Waals surface area contributed by atoms with E-state index in [1.54, 1.807) is 12.4 Å². The lowest BCUT2D eigenvalue weighted by Crippen LogP contribution is -2.23. The van der Waals surface area contributed by atoms with E-state index in [0.29, 0.717) is 12.3 Å². The molecule has 0 aromatic carbocycles. The number of ether oxygens (including phenoxy) is 1. The molecule has 5 nitrogen and oxygen atoms in total. The van der Waals surface area contributed by atoms with Crippen molar-refractivity contribution in [3.63, 3.8) is 0 Å². The summed E-state index contributed by atoms with van der Waals surface area (Å²) >= 11 is 0. The van der Waals surface area contributed by atoms with Gasteiger partial charge >= 0.3 is 0 Å². The summed E-state index contributed by atoms with van der Waals surface area (Å²) in [4.78, 5) is 14.9. The zero-order valence-corrected chi connectivity index (χ0v) is 10.1. The predicted molar refractivity (Wildman–Crippen MR) is 67.1 cm³/mol. The number of hydrogen-bond acceptors (Lipinski definition) is 5. The number of aromatic nitrogens is 3. The van der Waals surface area contributed by atoms with Crippen molar-refractivity contribution in [2.24, 2.45) is 0 Å². The average Bonchev–Trinajstić information content (AvgIpc) is 2.38. The highest BCUT2D eigenvalue weighted by molar-refractivity contribution is 5.71. The van der Waals surface area contributed by atoms with Crippen LogP contribution in [-0.2, 0) is 4.74 Å². The minimum atomic E-state index is 0.674. The quantitative estimate of drug-likeness (QED) is 0.731. The van der Waals surface area contributed by atoms with Crippen molar-refractivity contribution < 1.29 is 4.74 Å². The highest BCUT2D eigenvalue weighted by Gasteiger charge is 2.04. The van der Waals surface area contributed by atoms with E-state index >= 15 is 0 Å². The lowest BCUT2D eigenvalue weighted by atomic mass is 10.4. The number of rotatable bonds is 5. The summed E-state index contributed by atoms with van der Waals surface area (Å²) in [6.07, 6.45) is 3.32. The second kappa shape index (κ2) is 5.54. The van der Waals surface area contributed by atoms with Crippen molar-refractivity contribution in [2.75, 3.05) is 31.7 Å². The van der Waals surface area contributed by atoms with E-state index in [2.05, 4.69) is 15.0 Å². The van der Waals surface area contributed by atoms with Crippen LogP contribution in [0.3, 0.4) is 0 Å². The molecule has 0 saturated heterocycles. The molecular formula is C12H16N4O. The Kier molecular flexibility index (Phi) is 3.82. The van der Waals surface area contributed by atoms with Crippen LogP contribution in [0, 0.1) is 0 Å². The fourth-order valence-corrected chi connectivity index (χ4v) is 1.52. The van der Waals surface area contributed by atoms with Crippen molar-refractivity contribution >= 4 is 17.0 Å². The summed E-state index contributed by atoms with van der Waals surface area (Å²) in [6.45, 7) is 4.24. The molecule has 0 unspecified atom stereocenters. The molecule has 0 aliphatic heterocycles. The van der Waals surface area contributed by atoms with Crippen molar-refractivity contribution in [2.45, 2.75) is 6.92 Å². The monoisotopic (exact) mass is 232 g/mol. The maximum absolute atomic E-state index is 5.32. The number of likely N-dealkylation sites (N-methyl/N-ethyl adjacent to an activating group) is 1. The van der Waals surface area contributed by atoms with Gasteiger partial charge in [0.2, 0.25) is 0 Å². The summed E-state index contributed by atoms with van der Waals surface area (Å²) in [5, 5.41) is 0. The first-order valence-corrected chi connectivity index (χ1v) is 5.68. The first-order chi connectivity index (χ1) is 8.31. The van der Waals surface area contributed by atoms with Crippen LogP contribution in [-0.4, -0.2) is 41.8 Å². The van der Waals surface area contributed by atoms with Gasteiger partial charge in [0.1, 0.15) is 11.3 Å². The van der Waals surface area contributed by atoms with Crippen molar-refractivity contribution in [1.82, 2.24) is 15.0 Å². The van der Waals surface area contributed by atoms with Crippen LogP contribution in [0.15, 0.2) is 24.5 Å². The molecule has 0 amide bonds. The Hall–Kier alpha value is -1.75. The Balaban J connectivity index is 2.12. The molecule has 0 atom stereocenters. The van der Waals surface area contributed by atoms with Crippen LogP contribution in [0.1, 0.15) is 6.92 Å². The topological polar surface area (TPSA) is 51.1 Å². The molecule has 0 radical (unpaired) electrons. The van der Waals surface area contributed by atoms with Crippen molar-refractivity contribution in [1.29, 1.82) is 0 Å². The highest BCUT2D eigenvalue weighted by Crippen LogP contribution is 2.13. The number of fused-ring (bicyclic) bond motifs is 1. The van der Waals surface area contributed by atoms with E-state index in [-0.39, 0.29) is 0 Å². The normalized spacial score (nSPS) is 10.7. The second-order valence-corrected chi connectivity index (χ2v) is 3.69. The highest BCUT2D eigenvalue weighted by atomic mass is 16.5. The van der Waals surface area contributed by atoms with Crippen LogP contribution in [0.2, 0.25) is 0 Å². The largest absolute Gasteiger partial charge is 0.380 e. The van der Waals surface area contributed by atoms with Crippen molar-refractivity contribution in [3.8, 4) is 0 Å². The molecule has 2 rings (SSSR count). The minimum Gasteiger partial charge on any atom is -0.380 e. The van der Waals surface area contributed by atoms with Crippen LogP contribution >= 0.6 is 0 Å². The van der Waals surface area contributed by atoms with Gasteiger partial charge in [-0.1, -0.05) is 0 Å². The molecular weight excluding hydrogens is 216 g/mol. The number of pyridine rings is 1. The van der Waals surface area contributed by atoms with Gasteiger partial charge in [-0.2, -0.15) is 0 Å². The van der Waals surface area contributed by atoms with Gasteiger partial charge in [-0.15, -0.1) is 0 Å². The maximum Gasteiger partial charge on any atom is 0.180 e. The van der Waals surface area contributed by atoms with Crippen LogP contribution in [0.5, 0.6) is 0 Å². The zero-order valence-electron chi connectivity index (χ0n) is 10.1. The number of anilines is 1. The molecule has 0 aliphatic rings. The molecule has 5 heteroatoms. The molecule has 17 heavy (non-hydrogen) atoms. The van der Waals surface area contributed by atoms with E-state index in [1.165, 1.54) is 0 Å². The van der Waals surface area contributed by atoms with E-state index in [4.69, 9.17) is 4.74 Å². The average molecular weight is 232 g/mol. The lowest BCUT2D eigenvalue weighted by molar-refractivity contribution is 0.154. The molecule has 0 spiro atoms. The molecule has 2 aromatic heterocycles. The van der Waals surface area contributed by atoms with Gasteiger partial charge in [0.05, 0.1) is 6.61 Å². The third kappa shape index (κ3) is 2.88.